The van der Waals surface area contributed by atoms with E-state index in [0.717, 1.165) is 52.2 Å². The van der Waals surface area contributed by atoms with E-state index in [1.807, 2.05) is 6.92 Å². The van der Waals surface area contributed by atoms with Crippen LogP contribution >= 0.6 is 0 Å². The van der Waals surface area contributed by atoms with Gasteiger partial charge in [0.2, 0.25) is 0 Å². The quantitative estimate of drug-likeness (QED) is 0.516. The molecular formula is C12H23NO2. The van der Waals surface area contributed by atoms with Crippen molar-refractivity contribution in [2.75, 3.05) is 33.0 Å². The summed E-state index contributed by atoms with van der Waals surface area (Å²) < 4.78 is 10.8. The first kappa shape index (κ1) is 12.7. The summed E-state index contributed by atoms with van der Waals surface area (Å²) >= 11 is 0. The predicted octanol–water partition coefficient (Wildman–Crippen LogP) is 1.74. The van der Waals surface area contributed by atoms with E-state index >= 15 is 0 Å². The summed E-state index contributed by atoms with van der Waals surface area (Å²) in [5.41, 5.74) is 1.19. The van der Waals surface area contributed by atoms with Crippen LogP contribution in [-0.4, -0.2) is 39.0 Å². The molecule has 1 aliphatic heterocycles. The molecule has 0 amide bonds. The second-order valence-electron chi connectivity index (χ2n) is 4.16. The van der Waals surface area contributed by atoms with Crippen LogP contribution in [-0.2, 0) is 9.47 Å². The molecule has 0 unspecified atom stereocenters. The molecular weight excluding hydrogens is 190 g/mol. The third kappa shape index (κ3) is 6.66. The van der Waals surface area contributed by atoms with Crippen LogP contribution in [0.25, 0.3) is 0 Å². The molecule has 0 saturated carbocycles. The molecule has 0 aromatic rings. The van der Waals surface area contributed by atoms with Crippen LogP contribution in [0.15, 0.2) is 12.2 Å². The van der Waals surface area contributed by atoms with Gasteiger partial charge in [-0.15, -0.1) is 6.58 Å². The predicted molar refractivity (Wildman–Crippen MR) is 62.1 cm³/mol. The Kier molecular flexibility index (Phi) is 6.64. The molecule has 0 spiro atoms. The van der Waals surface area contributed by atoms with Crippen LogP contribution in [0.3, 0.4) is 0 Å². The Bertz CT molecular complexity index is 176. The molecule has 1 N–H and O–H groups in total. The lowest BCUT2D eigenvalue weighted by molar-refractivity contribution is 0.0732. The van der Waals surface area contributed by atoms with Gasteiger partial charge in [0, 0.05) is 25.8 Å². The maximum absolute atomic E-state index is 5.48. The van der Waals surface area contributed by atoms with Crippen molar-refractivity contribution < 1.29 is 9.47 Å². The second kappa shape index (κ2) is 7.85. The van der Waals surface area contributed by atoms with E-state index in [-0.39, 0.29) is 0 Å². The highest BCUT2D eigenvalue weighted by Crippen LogP contribution is 2.05. The van der Waals surface area contributed by atoms with Crippen molar-refractivity contribution in [2.45, 2.75) is 32.2 Å². The molecule has 1 saturated heterocycles. The van der Waals surface area contributed by atoms with Gasteiger partial charge < -0.3 is 14.8 Å². The third-order valence-electron chi connectivity index (χ3n) is 2.57. The number of hydrogen-bond acceptors (Lipinski definition) is 3. The van der Waals surface area contributed by atoms with Crippen LogP contribution in [0, 0.1) is 0 Å². The Morgan fingerprint density at radius 2 is 2.13 bits per heavy atom. The molecule has 0 aromatic carbocycles. The summed E-state index contributed by atoms with van der Waals surface area (Å²) in [6, 6.07) is 0.628. The minimum Gasteiger partial charge on any atom is -0.381 e. The van der Waals surface area contributed by atoms with Gasteiger partial charge in [-0.1, -0.05) is 5.57 Å². The molecule has 1 fully saturated rings. The molecule has 3 heteroatoms. The van der Waals surface area contributed by atoms with Gasteiger partial charge in [-0.2, -0.15) is 0 Å². The molecule has 3 nitrogen and oxygen atoms in total. The summed E-state index contributed by atoms with van der Waals surface area (Å²) in [5, 5.41) is 3.48. The third-order valence-corrected chi connectivity index (χ3v) is 2.57. The summed E-state index contributed by atoms with van der Waals surface area (Å²) in [6.07, 6.45) is 3.23. The minimum atomic E-state index is 0.628. The van der Waals surface area contributed by atoms with Gasteiger partial charge >= 0.3 is 0 Å². The molecule has 1 rings (SSSR count). The van der Waals surface area contributed by atoms with Crippen molar-refractivity contribution in [3.8, 4) is 0 Å². The van der Waals surface area contributed by atoms with Crippen LogP contribution in [0.1, 0.15) is 26.2 Å². The Hall–Kier alpha value is -0.380. The van der Waals surface area contributed by atoms with Gasteiger partial charge in [-0.25, -0.2) is 0 Å². The van der Waals surface area contributed by atoms with Crippen LogP contribution in [0.5, 0.6) is 0 Å². The fourth-order valence-corrected chi connectivity index (χ4v) is 1.59. The average Bonchev–Trinajstić information content (AvgIpc) is 2.24. The first-order valence-electron chi connectivity index (χ1n) is 5.82. The van der Waals surface area contributed by atoms with E-state index in [2.05, 4.69) is 11.9 Å². The molecule has 0 radical (unpaired) electrons. The van der Waals surface area contributed by atoms with Crippen molar-refractivity contribution in [2.24, 2.45) is 0 Å². The van der Waals surface area contributed by atoms with Crippen LogP contribution in [0.2, 0.25) is 0 Å². The lowest BCUT2D eigenvalue weighted by Gasteiger charge is -2.23. The zero-order valence-corrected chi connectivity index (χ0v) is 9.76. The van der Waals surface area contributed by atoms with E-state index < -0.39 is 0 Å². The first-order valence-corrected chi connectivity index (χ1v) is 5.82. The molecule has 0 aromatic heterocycles. The molecule has 88 valence electrons. The van der Waals surface area contributed by atoms with Crippen molar-refractivity contribution in [3.05, 3.63) is 12.2 Å². The van der Waals surface area contributed by atoms with E-state index in [0.29, 0.717) is 6.04 Å². The van der Waals surface area contributed by atoms with Gasteiger partial charge in [-0.05, 0) is 26.2 Å². The summed E-state index contributed by atoms with van der Waals surface area (Å²) in [5.74, 6) is 0. The van der Waals surface area contributed by atoms with Crippen LogP contribution < -0.4 is 5.32 Å². The van der Waals surface area contributed by atoms with Crippen LogP contribution in [0.4, 0.5) is 0 Å². The molecule has 1 heterocycles. The normalized spacial score (nSPS) is 17.9. The van der Waals surface area contributed by atoms with Crippen molar-refractivity contribution in [1.29, 1.82) is 0 Å². The molecule has 1 aliphatic rings. The van der Waals surface area contributed by atoms with Gasteiger partial charge in [0.05, 0.1) is 13.2 Å². The highest BCUT2D eigenvalue weighted by atomic mass is 16.5. The lowest BCUT2D eigenvalue weighted by atomic mass is 10.1. The van der Waals surface area contributed by atoms with Crippen molar-refractivity contribution in [1.82, 2.24) is 5.32 Å². The Morgan fingerprint density at radius 3 is 2.80 bits per heavy atom. The fraction of sp³-hybridized carbons (Fsp3) is 0.833. The Morgan fingerprint density at radius 1 is 1.40 bits per heavy atom. The molecule has 0 bridgehead atoms. The lowest BCUT2D eigenvalue weighted by Crippen LogP contribution is -2.36. The number of nitrogens with one attached hydrogen (secondary N) is 1. The molecule has 0 atom stereocenters. The summed E-state index contributed by atoms with van der Waals surface area (Å²) in [4.78, 5) is 0. The summed E-state index contributed by atoms with van der Waals surface area (Å²) in [7, 11) is 0. The second-order valence-corrected chi connectivity index (χ2v) is 4.16. The number of rotatable bonds is 7. The Balaban J connectivity index is 1.85. The maximum Gasteiger partial charge on any atom is 0.0591 e. The first-order chi connectivity index (χ1) is 7.29. The highest BCUT2D eigenvalue weighted by Gasteiger charge is 2.11. The summed E-state index contributed by atoms with van der Waals surface area (Å²) in [6.45, 7) is 10.2. The van der Waals surface area contributed by atoms with Gasteiger partial charge in [-0.3, -0.25) is 0 Å². The maximum atomic E-state index is 5.48. The largest absolute Gasteiger partial charge is 0.381 e. The van der Waals surface area contributed by atoms with E-state index in [9.17, 15) is 0 Å². The zero-order valence-electron chi connectivity index (χ0n) is 9.76. The number of hydrogen-bond donors (Lipinski definition) is 1. The van der Waals surface area contributed by atoms with Gasteiger partial charge in [0.15, 0.2) is 0 Å². The Labute approximate surface area is 92.8 Å². The standard InChI is InChI=1S/C12H23NO2/c1-11(2)3-7-15-10-6-13-12-4-8-14-9-5-12/h12-13H,1,3-10H2,2H3. The number of ether oxygens (including phenoxy) is 2. The average molecular weight is 213 g/mol. The van der Waals surface area contributed by atoms with E-state index in [4.69, 9.17) is 9.47 Å². The van der Waals surface area contributed by atoms with Crippen molar-refractivity contribution in [3.63, 3.8) is 0 Å². The van der Waals surface area contributed by atoms with E-state index in [1.165, 1.54) is 5.57 Å². The van der Waals surface area contributed by atoms with Gasteiger partial charge in [0.1, 0.15) is 0 Å². The molecule has 15 heavy (non-hydrogen) atoms. The van der Waals surface area contributed by atoms with E-state index in [1.54, 1.807) is 0 Å². The highest BCUT2D eigenvalue weighted by molar-refractivity contribution is 4.87. The smallest absolute Gasteiger partial charge is 0.0591 e. The van der Waals surface area contributed by atoms with Crippen molar-refractivity contribution >= 4 is 0 Å². The minimum absolute atomic E-state index is 0.628. The monoisotopic (exact) mass is 213 g/mol. The fourth-order valence-electron chi connectivity index (χ4n) is 1.59. The SMILES string of the molecule is C=C(C)CCOCCNC1CCOCC1. The van der Waals surface area contributed by atoms with Gasteiger partial charge in [0.25, 0.3) is 0 Å². The molecule has 0 aliphatic carbocycles. The topological polar surface area (TPSA) is 30.5 Å². The zero-order chi connectivity index (χ0) is 10.9.